The van der Waals surface area contributed by atoms with Gasteiger partial charge in [-0.15, -0.1) is 0 Å². The molecule has 5 aromatic rings. The molecule has 3 aromatic heterocycles. The van der Waals surface area contributed by atoms with Crippen LogP contribution in [0.2, 0.25) is 5.02 Å². The number of nitrogens with one attached hydrogen (secondary N) is 1. The Morgan fingerprint density at radius 1 is 1.10 bits per heavy atom. The van der Waals surface area contributed by atoms with Crippen LogP contribution < -0.4 is 5.56 Å². The molecule has 0 aliphatic heterocycles. The smallest absolute Gasteiger partial charge is 0.266 e. The Morgan fingerprint density at radius 2 is 1.97 bits per heavy atom. The van der Waals surface area contributed by atoms with Gasteiger partial charge in [-0.25, -0.2) is 19.9 Å². The van der Waals surface area contributed by atoms with E-state index in [1.165, 1.54) is 18.1 Å². The number of H-pyrrole nitrogens is 1. The van der Waals surface area contributed by atoms with E-state index in [0.717, 1.165) is 5.56 Å². The monoisotopic (exact) mass is 434 g/mol. The van der Waals surface area contributed by atoms with Crippen LogP contribution in [0.25, 0.3) is 27.8 Å². The molecule has 0 aliphatic carbocycles. The van der Waals surface area contributed by atoms with Crippen LogP contribution in [0.4, 0.5) is 0 Å². The van der Waals surface area contributed by atoms with Crippen molar-refractivity contribution in [3.05, 3.63) is 81.9 Å². The van der Waals surface area contributed by atoms with E-state index in [-0.39, 0.29) is 5.56 Å². The third kappa shape index (κ3) is 3.14. The van der Waals surface area contributed by atoms with Crippen molar-refractivity contribution in [3.63, 3.8) is 0 Å². The number of hydrogen-bond donors (Lipinski definition) is 1. The molecule has 0 unspecified atom stereocenters. The number of halogens is 1. The number of nitrogens with zero attached hydrogens (tertiary/aromatic N) is 5. The lowest BCUT2D eigenvalue weighted by atomic mass is 10.1. The van der Waals surface area contributed by atoms with Gasteiger partial charge in [-0.2, -0.15) is 0 Å². The van der Waals surface area contributed by atoms with Crippen LogP contribution in [-0.2, 0) is 5.75 Å². The molecule has 0 fully saturated rings. The Kier molecular flexibility index (Phi) is 4.72. The van der Waals surface area contributed by atoms with Crippen LogP contribution >= 0.6 is 23.4 Å². The normalized spacial score (nSPS) is 11.4. The first-order chi connectivity index (χ1) is 14.6. The summed E-state index contributed by atoms with van der Waals surface area (Å²) in [4.78, 5) is 34.1. The van der Waals surface area contributed by atoms with Crippen molar-refractivity contribution in [3.8, 4) is 5.69 Å². The highest BCUT2D eigenvalue weighted by molar-refractivity contribution is 7.98. The summed E-state index contributed by atoms with van der Waals surface area (Å²) in [5.41, 5.74) is 3.34. The van der Waals surface area contributed by atoms with Gasteiger partial charge in [0.05, 0.1) is 33.7 Å². The van der Waals surface area contributed by atoms with Crippen molar-refractivity contribution in [2.45, 2.75) is 17.7 Å². The lowest BCUT2D eigenvalue weighted by Gasteiger charge is -2.15. The fourth-order valence-electron chi connectivity index (χ4n) is 3.40. The Labute approximate surface area is 180 Å². The maximum atomic E-state index is 13.5. The minimum Gasteiger partial charge on any atom is -0.329 e. The van der Waals surface area contributed by atoms with E-state index in [1.807, 2.05) is 43.3 Å². The van der Waals surface area contributed by atoms with Crippen LogP contribution in [0.1, 0.15) is 11.4 Å². The Hall–Kier alpha value is -3.23. The van der Waals surface area contributed by atoms with Gasteiger partial charge in [0.25, 0.3) is 5.56 Å². The molecule has 5 rings (SSSR count). The van der Waals surface area contributed by atoms with Crippen LogP contribution in [-0.4, -0.2) is 29.5 Å². The number of rotatable bonds is 4. The Morgan fingerprint density at radius 3 is 2.83 bits per heavy atom. The summed E-state index contributed by atoms with van der Waals surface area (Å²) in [6, 6.07) is 12.9. The highest BCUT2D eigenvalue weighted by Crippen LogP contribution is 2.28. The van der Waals surface area contributed by atoms with Crippen molar-refractivity contribution in [1.29, 1.82) is 0 Å². The third-order valence-electron chi connectivity index (χ3n) is 4.79. The Bertz CT molecular complexity index is 1460. The van der Waals surface area contributed by atoms with Crippen LogP contribution in [0.15, 0.2) is 64.9 Å². The second-order valence-corrected chi connectivity index (χ2v) is 8.03. The zero-order valence-corrected chi connectivity index (χ0v) is 17.4. The van der Waals surface area contributed by atoms with E-state index in [0.29, 0.717) is 49.4 Å². The summed E-state index contributed by atoms with van der Waals surface area (Å²) in [5.74, 6) is 0.988. The van der Waals surface area contributed by atoms with Gasteiger partial charge < -0.3 is 4.98 Å². The van der Waals surface area contributed by atoms with Crippen molar-refractivity contribution in [1.82, 2.24) is 29.5 Å². The molecule has 7 nitrogen and oxygen atoms in total. The molecular formula is C21H15ClN6OS. The fraction of sp³-hybridized carbons (Fsp3) is 0.0952. The zero-order chi connectivity index (χ0) is 20.7. The van der Waals surface area contributed by atoms with Gasteiger partial charge in [-0.05, 0) is 30.7 Å². The molecule has 0 bridgehead atoms. The minimum atomic E-state index is -0.144. The first-order valence-corrected chi connectivity index (χ1v) is 10.5. The molecule has 9 heteroatoms. The van der Waals surface area contributed by atoms with Crippen LogP contribution in [0.3, 0.4) is 0 Å². The molecule has 0 radical (unpaired) electrons. The third-order valence-corrected chi connectivity index (χ3v) is 6.08. The largest absolute Gasteiger partial charge is 0.329 e. The second kappa shape index (κ2) is 7.55. The molecule has 0 saturated heterocycles. The quantitative estimate of drug-likeness (QED) is 0.335. The number of benzene rings is 2. The second-order valence-electron chi connectivity index (χ2n) is 6.66. The standard InChI is InChI=1S/C21H15ClN6OS/c1-12-5-4-7-14-17(12)21(29)28(15-8-3-2-6-13(15)22)16(27-14)9-30-20-18-19(24-10-23-18)25-11-26-20/h2-8,10-11H,9H2,1H3,(H,23,24,25,26). The maximum absolute atomic E-state index is 13.5. The van der Waals surface area contributed by atoms with Crippen molar-refractivity contribution in [2.75, 3.05) is 0 Å². The van der Waals surface area contributed by atoms with Gasteiger partial charge in [-0.3, -0.25) is 9.36 Å². The number of aromatic amines is 1. The zero-order valence-electron chi connectivity index (χ0n) is 15.8. The molecule has 2 aromatic carbocycles. The van der Waals surface area contributed by atoms with E-state index in [9.17, 15) is 4.79 Å². The molecule has 30 heavy (non-hydrogen) atoms. The summed E-state index contributed by atoms with van der Waals surface area (Å²) in [6.07, 6.45) is 3.07. The average molecular weight is 435 g/mol. The van der Waals surface area contributed by atoms with Gasteiger partial charge in [0.1, 0.15) is 22.7 Å². The van der Waals surface area contributed by atoms with Gasteiger partial charge in [-0.1, -0.05) is 47.6 Å². The van der Waals surface area contributed by atoms with E-state index >= 15 is 0 Å². The number of hydrogen-bond acceptors (Lipinski definition) is 6. The topological polar surface area (TPSA) is 89.3 Å². The van der Waals surface area contributed by atoms with Gasteiger partial charge >= 0.3 is 0 Å². The number of fused-ring (bicyclic) bond motifs is 2. The number of imidazole rings is 1. The maximum Gasteiger partial charge on any atom is 0.266 e. The van der Waals surface area contributed by atoms with Crippen molar-refractivity contribution in [2.24, 2.45) is 0 Å². The number of aryl methyl sites for hydroxylation is 1. The predicted octanol–water partition coefficient (Wildman–Crippen LogP) is 4.31. The average Bonchev–Trinajstić information content (AvgIpc) is 3.22. The summed E-state index contributed by atoms with van der Waals surface area (Å²) in [6.45, 7) is 1.91. The van der Waals surface area contributed by atoms with E-state index in [2.05, 4.69) is 19.9 Å². The number of para-hydroxylation sites is 1. The Balaban J connectivity index is 1.69. The van der Waals surface area contributed by atoms with Crippen LogP contribution in [0.5, 0.6) is 0 Å². The van der Waals surface area contributed by atoms with Crippen molar-refractivity contribution >= 4 is 45.4 Å². The molecule has 0 aliphatic rings. The van der Waals surface area contributed by atoms with Crippen LogP contribution in [0, 0.1) is 6.92 Å². The predicted molar refractivity (Wildman–Crippen MR) is 118 cm³/mol. The van der Waals surface area contributed by atoms with Crippen molar-refractivity contribution < 1.29 is 0 Å². The molecule has 0 saturated carbocycles. The molecule has 0 amide bonds. The highest BCUT2D eigenvalue weighted by atomic mass is 35.5. The summed E-state index contributed by atoms with van der Waals surface area (Å²) in [7, 11) is 0. The van der Waals surface area contributed by atoms with Gasteiger partial charge in [0, 0.05) is 0 Å². The number of aromatic nitrogens is 6. The fourth-order valence-corrected chi connectivity index (χ4v) is 4.49. The molecule has 3 heterocycles. The lowest BCUT2D eigenvalue weighted by Crippen LogP contribution is -2.24. The summed E-state index contributed by atoms with van der Waals surface area (Å²) in [5, 5.41) is 1.78. The number of thioether (sulfide) groups is 1. The SMILES string of the molecule is Cc1cccc2nc(CSc3ncnc4[nH]cnc34)n(-c3ccccc3Cl)c(=O)c12. The molecule has 0 spiro atoms. The van der Waals surface area contributed by atoms with Gasteiger partial charge in [0.2, 0.25) is 0 Å². The molecule has 148 valence electrons. The molecular weight excluding hydrogens is 420 g/mol. The lowest BCUT2D eigenvalue weighted by molar-refractivity contribution is 0.882. The first kappa shape index (κ1) is 18.8. The van der Waals surface area contributed by atoms with E-state index in [1.54, 1.807) is 17.0 Å². The molecule has 0 atom stereocenters. The van der Waals surface area contributed by atoms with E-state index in [4.69, 9.17) is 16.6 Å². The van der Waals surface area contributed by atoms with E-state index < -0.39 is 0 Å². The first-order valence-electron chi connectivity index (χ1n) is 9.16. The highest BCUT2D eigenvalue weighted by Gasteiger charge is 2.17. The minimum absolute atomic E-state index is 0.144. The van der Waals surface area contributed by atoms with Gasteiger partial charge in [0.15, 0.2) is 5.65 Å². The summed E-state index contributed by atoms with van der Waals surface area (Å²) < 4.78 is 1.59. The molecule has 1 N–H and O–H groups in total. The summed E-state index contributed by atoms with van der Waals surface area (Å²) >= 11 is 7.89.